The molecule has 0 radical (unpaired) electrons. The first-order valence-electron chi connectivity index (χ1n) is 10.2. The van der Waals surface area contributed by atoms with Crippen LogP contribution in [0.5, 0.6) is 0 Å². The van der Waals surface area contributed by atoms with Crippen molar-refractivity contribution in [2.24, 2.45) is 5.41 Å². The number of amides is 2. The van der Waals surface area contributed by atoms with Gasteiger partial charge in [0.25, 0.3) is 0 Å². The first kappa shape index (κ1) is 22.0. The number of diazo groups is 1. The van der Waals surface area contributed by atoms with Crippen LogP contribution in [-0.2, 0) is 25.5 Å². The number of carbonyl (C=O) groups is 3. The molecule has 2 heterocycles. The molecule has 1 N–H and O–H groups in total. The number of likely N-dealkylation sites (tertiary alicyclic amines) is 1. The molecule has 9 nitrogen and oxygen atoms in total. The second kappa shape index (κ2) is 9.00. The summed E-state index contributed by atoms with van der Waals surface area (Å²) in [4.78, 5) is 42.4. The van der Waals surface area contributed by atoms with Gasteiger partial charge in [0.1, 0.15) is 11.0 Å². The van der Waals surface area contributed by atoms with Crippen LogP contribution in [0.3, 0.4) is 0 Å². The Morgan fingerprint density at radius 1 is 1.32 bits per heavy atom. The Morgan fingerprint density at radius 2 is 2.06 bits per heavy atom. The number of esters is 1. The molecule has 31 heavy (non-hydrogen) atoms. The van der Waals surface area contributed by atoms with Crippen LogP contribution in [0.15, 0.2) is 46.4 Å². The molecule has 0 aliphatic carbocycles. The van der Waals surface area contributed by atoms with Crippen LogP contribution >= 0.6 is 0 Å². The number of aliphatic hydroxyl groups is 1. The molecule has 1 saturated heterocycles. The Kier molecular flexibility index (Phi) is 6.39. The number of fused-ring (bicyclic) bond motifs is 1. The highest BCUT2D eigenvalue weighted by Crippen LogP contribution is 2.42. The van der Waals surface area contributed by atoms with Gasteiger partial charge in [-0.15, -0.1) is 0 Å². The highest BCUT2D eigenvalue weighted by atomic mass is 16.5. The summed E-state index contributed by atoms with van der Waals surface area (Å²) in [7, 11) is 0. The van der Waals surface area contributed by atoms with E-state index in [0.717, 1.165) is 10.3 Å². The molecule has 162 valence electrons. The largest absolute Gasteiger partial charge is 0.506 e. The maximum absolute atomic E-state index is 13.4. The summed E-state index contributed by atoms with van der Waals surface area (Å²) in [5.74, 6) is -2.81. The van der Waals surface area contributed by atoms with E-state index in [1.54, 1.807) is 19.9 Å². The van der Waals surface area contributed by atoms with Gasteiger partial charge in [-0.05, 0) is 32.3 Å². The Morgan fingerprint density at radius 3 is 2.74 bits per heavy atom. The van der Waals surface area contributed by atoms with E-state index in [4.69, 9.17) is 9.15 Å². The number of furan rings is 1. The van der Waals surface area contributed by atoms with Crippen molar-refractivity contribution in [1.82, 2.24) is 4.90 Å². The van der Waals surface area contributed by atoms with Crippen molar-refractivity contribution in [3.8, 4) is 0 Å². The number of aliphatic hydroxyl groups excluding tert-OH is 1. The summed E-state index contributed by atoms with van der Waals surface area (Å²) < 4.78 is 10.3. The quantitative estimate of drug-likeness (QED) is 0.323. The van der Waals surface area contributed by atoms with Gasteiger partial charge in [0.15, 0.2) is 4.98 Å². The lowest BCUT2D eigenvalue weighted by atomic mass is 9.74. The Labute approximate surface area is 178 Å². The number of ether oxygens (including phenoxy) is 1. The predicted octanol–water partition coefficient (Wildman–Crippen LogP) is 3.71. The molecule has 1 unspecified atom stereocenters. The third-order valence-corrected chi connectivity index (χ3v) is 5.69. The molecule has 1 aromatic heterocycles. The minimum absolute atomic E-state index is 0.00146. The number of rotatable bonds is 6. The summed E-state index contributed by atoms with van der Waals surface area (Å²) in [5, 5.41) is 20.9. The van der Waals surface area contributed by atoms with Crippen LogP contribution in [0.4, 0.5) is 0 Å². The molecule has 0 bridgehead atoms. The van der Waals surface area contributed by atoms with Crippen molar-refractivity contribution < 1.29 is 28.6 Å². The lowest BCUT2D eigenvalue weighted by molar-refractivity contribution is -0.155. The van der Waals surface area contributed by atoms with Crippen molar-refractivity contribution in [2.45, 2.75) is 39.5 Å². The summed E-state index contributed by atoms with van der Waals surface area (Å²) in [5.41, 5.74) is -0.992. The molecule has 1 aliphatic rings. The van der Waals surface area contributed by atoms with Gasteiger partial charge >= 0.3 is 11.7 Å². The zero-order valence-electron chi connectivity index (χ0n) is 17.5. The van der Waals surface area contributed by atoms with Gasteiger partial charge in [0.05, 0.1) is 19.3 Å². The monoisotopic (exact) mass is 426 g/mol. The van der Waals surface area contributed by atoms with E-state index in [9.17, 15) is 24.9 Å². The molecule has 1 aromatic carbocycles. The molecule has 2 aromatic rings. The number of carbonyl (C=O) groups excluding carboxylic acids is 3. The summed E-state index contributed by atoms with van der Waals surface area (Å²) >= 11 is 0. The van der Waals surface area contributed by atoms with Crippen molar-refractivity contribution >= 4 is 28.8 Å². The lowest BCUT2D eigenvalue weighted by Crippen LogP contribution is -2.52. The highest BCUT2D eigenvalue weighted by Gasteiger charge is 2.53. The van der Waals surface area contributed by atoms with Gasteiger partial charge in [0, 0.05) is 17.5 Å². The van der Waals surface area contributed by atoms with Gasteiger partial charge in [-0.25, -0.2) is 4.79 Å². The topological polar surface area (TPSA) is 125 Å². The number of piperidine rings is 1. The van der Waals surface area contributed by atoms with E-state index in [-0.39, 0.29) is 32.4 Å². The maximum Gasteiger partial charge on any atom is 0.506 e. The van der Waals surface area contributed by atoms with Crippen molar-refractivity contribution in [3.05, 3.63) is 52.5 Å². The minimum atomic E-state index is -1.55. The van der Waals surface area contributed by atoms with E-state index in [2.05, 4.69) is 4.98 Å². The second-order valence-corrected chi connectivity index (χ2v) is 7.34. The zero-order chi connectivity index (χ0) is 22.6. The standard InChI is InChI=1S/C22H23N3O6/c1-3-22(19(27)18(24-23)20(28)30-4-2)10-7-11-25(21(22)29)17(26)12-14-13-31-16-9-6-5-8-15(14)16/h5-6,8-9,13H,3-4,7,10-12H2,1-2H3/p+1. The number of hydrogen-bond donors (Lipinski definition) is 1. The van der Waals surface area contributed by atoms with Crippen molar-refractivity contribution in [3.63, 3.8) is 0 Å². The van der Waals surface area contributed by atoms with E-state index < -0.39 is 34.7 Å². The average Bonchev–Trinajstić information content (AvgIpc) is 3.17. The average molecular weight is 426 g/mol. The zero-order valence-corrected chi connectivity index (χ0v) is 17.5. The first-order chi connectivity index (χ1) is 14.9. The second-order valence-electron chi connectivity index (χ2n) is 7.34. The Balaban J connectivity index is 1.92. The summed E-state index contributed by atoms with van der Waals surface area (Å²) in [6.45, 7) is 3.41. The van der Waals surface area contributed by atoms with Crippen LogP contribution in [-0.4, -0.2) is 40.9 Å². The van der Waals surface area contributed by atoms with E-state index >= 15 is 0 Å². The fourth-order valence-electron chi connectivity index (χ4n) is 4.00. The van der Waals surface area contributed by atoms with Gasteiger partial charge < -0.3 is 14.3 Å². The molecule has 0 spiro atoms. The van der Waals surface area contributed by atoms with Crippen LogP contribution in [0.1, 0.15) is 38.7 Å². The van der Waals surface area contributed by atoms with Gasteiger partial charge in [-0.1, -0.05) is 25.1 Å². The van der Waals surface area contributed by atoms with E-state index in [0.29, 0.717) is 17.6 Å². The fraction of sp³-hybridized carbons (Fsp3) is 0.409. The van der Waals surface area contributed by atoms with Crippen LogP contribution in [0, 0.1) is 10.8 Å². The first-order valence-corrected chi connectivity index (χ1v) is 10.2. The van der Waals surface area contributed by atoms with E-state index in [1.807, 2.05) is 18.2 Å². The normalized spacial score (nSPS) is 19.6. The fourth-order valence-corrected chi connectivity index (χ4v) is 4.00. The predicted molar refractivity (Wildman–Crippen MR) is 110 cm³/mol. The SMILES string of the molecule is CCOC(=O)/C([N+]#N)=C(\O)C1(CC)CCCN(C(=O)Cc2coc3ccccc23)C1=O. The molecular weight excluding hydrogens is 402 g/mol. The molecule has 1 fully saturated rings. The van der Waals surface area contributed by atoms with E-state index in [1.165, 1.54) is 6.26 Å². The molecule has 2 amide bonds. The van der Waals surface area contributed by atoms with Gasteiger partial charge in [0.2, 0.25) is 23.0 Å². The Hall–Kier alpha value is -3.67. The van der Waals surface area contributed by atoms with Gasteiger partial charge in [-0.3, -0.25) is 14.5 Å². The number of para-hydroxylation sites is 1. The van der Waals surface area contributed by atoms with Crippen molar-refractivity contribution in [1.29, 1.82) is 5.39 Å². The molecule has 1 atom stereocenters. The highest BCUT2D eigenvalue weighted by molar-refractivity contribution is 6.02. The van der Waals surface area contributed by atoms with Crippen LogP contribution < -0.4 is 0 Å². The smallest absolute Gasteiger partial charge is 0.504 e. The van der Waals surface area contributed by atoms with Crippen LogP contribution in [0.25, 0.3) is 15.9 Å². The molecule has 0 saturated carbocycles. The molecular formula is C22H24N3O6+. The maximum atomic E-state index is 13.4. The minimum Gasteiger partial charge on any atom is -0.504 e. The summed E-state index contributed by atoms with van der Waals surface area (Å²) in [6, 6.07) is 7.27. The van der Waals surface area contributed by atoms with Crippen molar-refractivity contribution in [2.75, 3.05) is 13.2 Å². The number of nitrogens with zero attached hydrogens (tertiary/aromatic N) is 3. The Bertz CT molecular complexity index is 1100. The number of hydrogen-bond acceptors (Lipinski definition) is 7. The lowest BCUT2D eigenvalue weighted by Gasteiger charge is -2.38. The number of imide groups is 1. The third-order valence-electron chi connectivity index (χ3n) is 5.69. The van der Waals surface area contributed by atoms with Crippen LogP contribution in [0.2, 0.25) is 0 Å². The number of benzene rings is 1. The third kappa shape index (κ3) is 3.89. The van der Waals surface area contributed by atoms with Gasteiger partial charge in [-0.2, -0.15) is 0 Å². The molecule has 9 heteroatoms. The summed E-state index contributed by atoms with van der Waals surface area (Å²) in [6.07, 6.45) is 2.16. The molecule has 1 aliphatic heterocycles. The molecule has 3 rings (SSSR count).